The first kappa shape index (κ1) is 14.6. The normalized spacial score (nSPS) is 15.7. The van der Waals surface area contributed by atoms with Gasteiger partial charge in [-0.3, -0.25) is 4.79 Å². The molecule has 0 atom stereocenters. The fraction of sp³-hybridized carbons (Fsp3) is 0.316. The molecule has 0 aliphatic heterocycles. The first-order valence-electron chi connectivity index (χ1n) is 7.76. The third kappa shape index (κ3) is 2.59. The SMILES string of the molecule is CN(C)c1cccc(NC(=O)C2(c3ccccc3)CCC2)c1. The summed E-state index contributed by atoms with van der Waals surface area (Å²) in [7, 11) is 4.00. The molecule has 1 fully saturated rings. The van der Waals surface area contributed by atoms with Crippen molar-refractivity contribution >= 4 is 17.3 Å². The minimum absolute atomic E-state index is 0.112. The van der Waals surface area contributed by atoms with E-state index >= 15 is 0 Å². The van der Waals surface area contributed by atoms with Crippen LogP contribution in [0.25, 0.3) is 0 Å². The van der Waals surface area contributed by atoms with Crippen LogP contribution >= 0.6 is 0 Å². The Morgan fingerprint density at radius 1 is 1.05 bits per heavy atom. The van der Waals surface area contributed by atoms with Gasteiger partial charge in [0.05, 0.1) is 5.41 Å². The molecule has 0 unspecified atom stereocenters. The first-order chi connectivity index (χ1) is 10.6. The van der Waals surface area contributed by atoms with Gasteiger partial charge in [0, 0.05) is 25.5 Å². The number of carbonyl (C=O) groups is 1. The van der Waals surface area contributed by atoms with Crippen molar-refractivity contribution in [2.75, 3.05) is 24.3 Å². The van der Waals surface area contributed by atoms with Crippen LogP contribution in [0.2, 0.25) is 0 Å². The van der Waals surface area contributed by atoms with Crippen molar-refractivity contribution < 1.29 is 4.79 Å². The summed E-state index contributed by atoms with van der Waals surface area (Å²) >= 11 is 0. The maximum Gasteiger partial charge on any atom is 0.235 e. The van der Waals surface area contributed by atoms with Gasteiger partial charge in [0.15, 0.2) is 0 Å². The Kier molecular flexibility index (Phi) is 3.88. The largest absolute Gasteiger partial charge is 0.378 e. The van der Waals surface area contributed by atoms with Crippen molar-refractivity contribution in [3.05, 3.63) is 60.2 Å². The van der Waals surface area contributed by atoms with Gasteiger partial charge in [0.2, 0.25) is 5.91 Å². The number of hydrogen-bond donors (Lipinski definition) is 1. The lowest BCUT2D eigenvalue weighted by Gasteiger charge is -2.40. The van der Waals surface area contributed by atoms with E-state index in [2.05, 4.69) is 17.4 Å². The summed E-state index contributed by atoms with van der Waals surface area (Å²) in [6, 6.07) is 18.1. The highest BCUT2D eigenvalue weighted by molar-refractivity contribution is 6.00. The Hall–Kier alpha value is -2.29. The highest BCUT2D eigenvalue weighted by atomic mass is 16.2. The molecule has 0 radical (unpaired) electrons. The number of nitrogens with zero attached hydrogens (tertiary/aromatic N) is 1. The van der Waals surface area contributed by atoms with Crippen molar-refractivity contribution in [1.29, 1.82) is 0 Å². The van der Waals surface area contributed by atoms with Crippen LogP contribution in [0.5, 0.6) is 0 Å². The van der Waals surface area contributed by atoms with Crippen LogP contribution in [0.15, 0.2) is 54.6 Å². The molecule has 3 nitrogen and oxygen atoms in total. The van der Waals surface area contributed by atoms with E-state index in [1.165, 1.54) is 0 Å². The van der Waals surface area contributed by atoms with Crippen LogP contribution in [0, 0.1) is 0 Å². The van der Waals surface area contributed by atoms with Crippen molar-refractivity contribution in [3.63, 3.8) is 0 Å². The predicted molar refractivity (Wildman–Crippen MR) is 91.4 cm³/mol. The van der Waals surface area contributed by atoms with Gasteiger partial charge >= 0.3 is 0 Å². The molecule has 2 aromatic rings. The van der Waals surface area contributed by atoms with Crippen LogP contribution in [0.1, 0.15) is 24.8 Å². The lowest BCUT2D eigenvalue weighted by atomic mass is 9.64. The predicted octanol–water partition coefficient (Wildman–Crippen LogP) is 3.81. The van der Waals surface area contributed by atoms with Crippen LogP contribution in [-0.4, -0.2) is 20.0 Å². The zero-order valence-electron chi connectivity index (χ0n) is 13.2. The van der Waals surface area contributed by atoms with E-state index in [0.717, 1.165) is 36.2 Å². The second-order valence-electron chi connectivity index (χ2n) is 6.20. The standard InChI is InChI=1S/C19H22N2O/c1-21(2)17-11-6-10-16(14-17)20-18(22)19(12-7-13-19)15-8-4-3-5-9-15/h3-6,8-11,14H,7,12-13H2,1-2H3,(H,20,22). The van der Waals surface area contributed by atoms with E-state index in [-0.39, 0.29) is 11.3 Å². The van der Waals surface area contributed by atoms with Crippen molar-refractivity contribution in [2.45, 2.75) is 24.7 Å². The molecule has 1 saturated carbocycles. The molecule has 1 N–H and O–H groups in total. The Balaban J connectivity index is 1.83. The smallest absolute Gasteiger partial charge is 0.235 e. The zero-order chi connectivity index (χ0) is 15.6. The van der Waals surface area contributed by atoms with Crippen LogP contribution in [-0.2, 0) is 10.2 Å². The second kappa shape index (κ2) is 5.84. The van der Waals surface area contributed by atoms with E-state index in [9.17, 15) is 4.79 Å². The lowest BCUT2D eigenvalue weighted by molar-refractivity contribution is -0.124. The number of carbonyl (C=O) groups excluding carboxylic acids is 1. The summed E-state index contributed by atoms with van der Waals surface area (Å²) in [6.07, 6.45) is 2.96. The Morgan fingerprint density at radius 2 is 1.77 bits per heavy atom. The van der Waals surface area contributed by atoms with Gasteiger partial charge in [-0.2, -0.15) is 0 Å². The molecule has 0 bridgehead atoms. The van der Waals surface area contributed by atoms with E-state index in [0.29, 0.717) is 0 Å². The third-order valence-electron chi connectivity index (χ3n) is 4.59. The maximum atomic E-state index is 12.9. The molecule has 3 rings (SSSR count). The van der Waals surface area contributed by atoms with Crippen LogP contribution < -0.4 is 10.2 Å². The van der Waals surface area contributed by atoms with Gasteiger partial charge in [0.1, 0.15) is 0 Å². The van der Waals surface area contributed by atoms with Crippen LogP contribution in [0.4, 0.5) is 11.4 Å². The number of amides is 1. The number of anilines is 2. The number of benzene rings is 2. The minimum Gasteiger partial charge on any atom is -0.378 e. The fourth-order valence-electron chi connectivity index (χ4n) is 3.05. The average molecular weight is 294 g/mol. The average Bonchev–Trinajstić information content (AvgIpc) is 2.47. The van der Waals surface area contributed by atoms with Gasteiger partial charge in [-0.25, -0.2) is 0 Å². The second-order valence-corrected chi connectivity index (χ2v) is 6.20. The molecule has 2 aromatic carbocycles. The van der Waals surface area contributed by atoms with E-state index in [1.807, 2.05) is 61.5 Å². The molecular formula is C19H22N2O. The summed E-state index contributed by atoms with van der Waals surface area (Å²) in [5.74, 6) is 0.112. The maximum absolute atomic E-state index is 12.9. The van der Waals surface area contributed by atoms with E-state index < -0.39 is 0 Å². The molecule has 22 heavy (non-hydrogen) atoms. The van der Waals surface area contributed by atoms with Gasteiger partial charge in [0.25, 0.3) is 0 Å². The van der Waals surface area contributed by atoms with Gasteiger partial charge < -0.3 is 10.2 Å². The topological polar surface area (TPSA) is 32.3 Å². The number of rotatable bonds is 4. The molecule has 1 amide bonds. The third-order valence-corrected chi connectivity index (χ3v) is 4.59. The number of nitrogens with one attached hydrogen (secondary N) is 1. The minimum atomic E-state index is -0.352. The molecule has 3 heteroatoms. The van der Waals surface area contributed by atoms with Gasteiger partial charge in [-0.05, 0) is 36.6 Å². The van der Waals surface area contributed by atoms with Gasteiger partial charge in [-0.1, -0.05) is 42.8 Å². The molecule has 1 aliphatic carbocycles. The van der Waals surface area contributed by atoms with Gasteiger partial charge in [-0.15, -0.1) is 0 Å². The van der Waals surface area contributed by atoms with Crippen molar-refractivity contribution in [2.24, 2.45) is 0 Å². The Morgan fingerprint density at radius 3 is 2.36 bits per heavy atom. The van der Waals surface area contributed by atoms with Crippen molar-refractivity contribution in [3.8, 4) is 0 Å². The van der Waals surface area contributed by atoms with Crippen molar-refractivity contribution in [1.82, 2.24) is 0 Å². The molecule has 1 aliphatic rings. The first-order valence-corrected chi connectivity index (χ1v) is 7.76. The number of hydrogen-bond acceptors (Lipinski definition) is 2. The quantitative estimate of drug-likeness (QED) is 0.930. The molecule has 0 heterocycles. The zero-order valence-corrected chi connectivity index (χ0v) is 13.2. The molecule has 0 saturated heterocycles. The molecule has 114 valence electrons. The van der Waals surface area contributed by atoms with Crippen LogP contribution in [0.3, 0.4) is 0 Å². The molecular weight excluding hydrogens is 272 g/mol. The summed E-state index contributed by atoms with van der Waals surface area (Å²) < 4.78 is 0. The highest BCUT2D eigenvalue weighted by Crippen LogP contribution is 2.44. The summed E-state index contributed by atoms with van der Waals surface area (Å²) in [5.41, 5.74) is 2.72. The Bertz CT molecular complexity index is 660. The lowest BCUT2D eigenvalue weighted by Crippen LogP contribution is -2.45. The molecule has 0 aromatic heterocycles. The summed E-state index contributed by atoms with van der Waals surface area (Å²) in [6.45, 7) is 0. The Labute approximate surface area is 132 Å². The highest BCUT2D eigenvalue weighted by Gasteiger charge is 2.45. The summed E-state index contributed by atoms with van der Waals surface area (Å²) in [4.78, 5) is 14.9. The van der Waals surface area contributed by atoms with E-state index in [4.69, 9.17) is 0 Å². The fourth-order valence-corrected chi connectivity index (χ4v) is 3.05. The monoisotopic (exact) mass is 294 g/mol. The summed E-state index contributed by atoms with van der Waals surface area (Å²) in [5, 5.41) is 3.11. The van der Waals surface area contributed by atoms with E-state index in [1.54, 1.807) is 0 Å². The molecule has 0 spiro atoms.